The molecule has 1 fully saturated rings. The molecule has 1 aliphatic heterocycles. The fourth-order valence-electron chi connectivity index (χ4n) is 3.56. The summed E-state index contributed by atoms with van der Waals surface area (Å²) in [5, 5.41) is 0. The van der Waals surface area contributed by atoms with Crippen LogP contribution in [-0.4, -0.2) is 36.5 Å². The third kappa shape index (κ3) is 7.00. The van der Waals surface area contributed by atoms with Crippen molar-refractivity contribution < 1.29 is 14.3 Å². The van der Waals surface area contributed by atoms with Crippen molar-refractivity contribution in [2.75, 3.05) is 19.7 Å². The average molecular weight is 374 g/mol. The van der Waals surface area contributed by atoms with E-state index in [4.69, 9.17) is 4.74 Å². The number of aryl methyl sites for hydroxylation is 1. The van der Waals surface area contributed by atoms with Crippen LogP contribution in [0.1, 0.15) is 81.1 Å². The fourth-order valence-corrected chi connectivity index (χ4v) is 3.56. The average Bonchev–Trinajstić information content (AvgIpc) is 2.72. The number of likely N-dealkylation sites (tertiary alicyclic amines) is 1. The third-order valence-corrected chi connectivity index (χ3v) is 5.47. The third-order valence-electron chi connectivity index (χ3n) is 5.47. The van der Waals surface area contributed by atoms with Crippen LogP contribution < -0.4 is 0 Å². The minimum absolute atomic E-state index is 0.0587. The first-order chi connectivity index (χ1) is 13.2. The topological polar surface area (TPSA) is 46.6 Å². The summed E-state index contributed by atoms with van der Waals surface area (Å²) in [5.41, 5.74) is 1.97. The van der Waals surface area contributed by atoms with Crippen LogP contribution in [0.15, 0.2) is 24.3 Å². The number of carbonyl (C=O) groups excluding carboxylic acids is 2. The van der Waals surface area contributed by atoms with Gasteiger partial charge in [-0.3, -0.25) is 9.59 Å². The Balaban J connectivity index is 1.66. The van der Waals surface area contributed by atoms with E-state index in [1.807, 2.05) is 29.2 Å². The lowest BCUT2D eigenvalue weighted by Gasteiger charge is -2.31. The van der Waals surface area contributed by atoms with Gasteiger partial charge in [0.05, 0.1) is 12.5 Å². The molecule has 0 N–H and O–H groups in total. The second-order valence-electron chi connectivity index (χ2n) is 7.55. The Kier molecular flexibility index (Phi) is 9.37. The van der Waals surface area contributed by atoms with Gasteiger partial charge >= 0.3 is 5.97 Å². The van der Waals surface area contributed by atoms with Crippen LogP contribution in [-0.2, 0) is 16.0 Å². The summed E-state index contributed by atoms with van der Waals surface area (Å²) in [7, 11) is 0. The molecule has 2 rings (SSSR count). The minimum Gasteiger partial charge on any atom is -0.465 e. The molecule has 0 spiro atoms. The minimum atomic E-state index is -0.0806. The van der Waals surface area contributed by atoms with Gasteiger partial charge in [0.1, 0.15) is 0 Å². The van der Waals surface area contributed by atoms with Crippen molar-refractivity contribution in [3.05, 3.63) is 35.4 Å². The maximum absolute atomic E-state index is 12.6. The van der Waals surface area contributed by atoms with E-state index < -0.39 is 0 Å². The van der Waals surface area contributed by atoms with Gasteiger partial charge in [-0.15, -0.1) is 0 Å². The van der Waals surface area contributed by atoms with Crippen LogP contribution in [0.25, 0.3) is 0 Å². The van der Waals surface area contributed by atoms with Crippen molar-refractivity contribution in [2.45, 2.75) is 71.6 Å². The molecule has 4 heteroatoms. The number of piperidine rings is 1. The van der Waals surface area contributed by atoms with Crippen molar-refractivity contribution >= 4 is 11.9 Å². The zero-order valence-electron chi connectivity index (χ0n) is 17.0. The molecule has 0 aromatic heterocycles. The zero-order chi connectivity index (χ0) is 19.5. The van der Waals surface area contributed by atoms with E-state index in [0.717, 1.165) is 24.8 Å². The van der Waals surface area contributed by atoms with Gasteiger partial charge in [-0.1, -0.05) is 58.1 Å². The van der Waals surface area contributed by atoms with Gasteiger partial charge in [-0.05, 0) is 43.4 Å². The van der Waals surface area contributed by atoms with Gasteiger partial charge in [0.2, 0.25) is 0 Å². The molecule has 0 atom stereocenters. The predicted molar refractivity (Wildman–Crippen MR) is 109 cm³/mol. The summed E-state index contributed by atoms with van der Waals surface area (Å²) in [5.74, 6) is -0.0730. The van der Waals surface area contributed by atoms with Crippen molar-refractivity contribution in [3.63, 3.8) is 0 Å². The molecule has 150 valence electrons. The Morgan fingerprint density at radius 2 is 1.59 bits per heavy atom. The number of nitrogens with zero attached hydrogens (tertiary/aromatic N) is 1. The molecular formula is C23H35NO3. The van der Waals surface area contributed by atoms with E-state index in [9.17, 15) is 9.59 Å². The molecule has 0 aliphatic carbocycles. The van der Waals surface area contributed by atoms with E-state index >= 15 is 0 Å². The molecule has 0 saturated carbocycles. The van der Waals surface area contributed by atoms with Gasteiger partial charge in [-0.25, -0.2) is 0 Å². The number of hydrogen-bond acceptors (Lipinski definition) is 3. The standard InChI is InChI=1S/C23H35NO3/c1-3-5-6-7-8-9-18-27-23(26)21-14-16-24(17-15-21)22(25)20-12-10-19(4-2)11-13-20/h10-13,21H,3-9,14-18H2,1-2H3. The maximum Gasteiger partial charge on any atom is 0.309 e. The SMILES string of the molecule is CCCCCCCCOC(=O)C1CCN(C(=O)c2ccc(CC)cc2)CC1. The highest BCUT2D eigenvalue weighted by molar-refractivity contribution is 5.94. The number of ether oxygens (including phenoxy) is 1. The van der Waals surface area contributed by atoms with Crippen molar-refractivity contribution in [2.24, 2.45) is 5.92 Å². The first-order valence-corrected chi connectivity index (χ1v) is 10.7. The number of rotatable bonds is 10. The number of carbonyl (C=O) groups is 2. The largest absolute Gasteiger partial charge is 0.465 e. The Morgan fingerprint density at radius 3 is 2.22 bits per heavy atom. The lowest BCUT2D eigenvalue weighted by atomic mass is 9.96. The lowest BCUT2D eigenvalue weighted by Crippen LogP contribution is -2.40. The molecule has 4 nitrogen and oxygen atoms in total. The molecular weight excluding hydrogens is 338 g/mol. The van der Waals surface area contributed by atoms with Gasteiger partial charge < -0.3 is 9.64 Å². The molecule has 27 heavy (non-hydrogen) atoms. The summed E-state index contributed by atoms with van der Waals surface area (Å²) < 4.78 is 5.45. The Bertz CT molecular complexity index is 574. The van der Waals surface area contributed by atoms with E-state index in [2.05, 4.69) is 13.8 Å². The van der Waals surface area contributed by atoms with Crippen LogP contribution in [0.3, 0.4) is 0 Å². The smallest absolute Gasteiger partial charge is 0.309 e. The first-order valence-electron chi connectivity index (χ1n) is 10.7. The van der Waals surface area contributed by atoms with Crippen molar-refractivity contribution in [1.82, 2.24) is 4.90 Å². The lowest BCUT2D eigenvalue weighted by molar-refractivity contribution is -0.150. The molecule has 1 aromatic carbocycles. The fraction of sp³-hybridized carbons (Fsp3) is 0.652. The number of hydrogen-bond donors (Lipinski definition) is 0. The van der Waals surface area contributed by atoms with E-state index in [0.29, 0.717) is 32.5 Å². The summed E-state index contributed by atoms with van der Waals surface area (Å²) >= 11 is 0. The molecule has 1 aliphatic rings. The summed E-state index contributed by atoms with van der Waals surface area (Å²) in [6, 6.07) is 7.84. The number of benzene rings is 1. The van der Waals surface area contributed by atoms with Crippen LogP contribution in [0, 0.1) is 5.92 Å². The van der Waals surface area contributed by atoms with Crippen LogP contribution >= 0.6 is 0 Å². The maximum atomic E-state index is 12.6. The highest BCUT2D eigenvalue weighted by Crippen LogP contribution is 2.21. The van der Waals surface area contributed by atoms with Crippen LogP contribution in [0.5, 0.6) is 0 Å². The van der Waals surface area contributed by atoms with E-state index in [1.54, 1.807) is 0 Å². The first kappa shape index (κ1) is 21.5. The normalized spacial score (nSPS) is 15.0. The molecule has 0 radical (unpaired) electrons. The van der Waals surface area contributed by atoms with Gasteiger partial charge in [0.15, 0.2) is 0 Å². The second-order valence-corrected chi connectivity index (χ2v) is 7.55. The molecule has 0 unspecified atom stereocenters. The van der Waals surface area contributed by atoms with Gasteiger partial charge in [0.25, 0.3) is 5.91 Å². The van der Waals surface area contributed by atoms with Crippen molar-refractivity contribution in [3.8, 4) is 0 Å². The Hall–Kier alpha value is -1.84. The number of amides is 1. The highest BCUT2D eigenvalue weighted by Gasteiger charge is 2.28. The summed E-state index contributed by atoms with van der Waals surface area (Å²) in [4.78, 5) is 26.7. The van der Waals surface area contributed by atoms with Crippen molar-refractivity contribution in [1.29, 1.82) is 0 Å². The Morgan fingerprint density at radius 1 is 0.963 bits per heavy atom. The second kappa shape index (κ2) is 11.8. The summed E-state index contributed by atoms with van der Waals surface area (Å²) in [6.07, 6.45) is 9.52. The van der Waals surface area contributed by atoms with Crippen LogP contribution in [0.2, 0.25) is 0 Å². The zero-order valence-corrected chi connectivity index (χ0v) is 17.0. The van der Waals surface area contributed by atoms with E-state index in [1.165, 1.54) is 31.2 Å². The van der Waals surface area contributed by atoms with Gasteiger partial charge in [-0.2, -0.15) is 0 Å². The van der Waals surface area contributed by atoms with E-state index in [-0.39, 0.29) is 17.8 Å². The molecule has 1 heterocycles. The number of esters is 1. The van der Waals surface area contributed by atoms with Gasteiger partial charge in [0, 0.05) is 18.7 Å². The predicted octanol–water partition coefficient (Wildman–Crippen LogP) is 5.00. The molecule has 0 bridgehead atoms. The quantitative estimate of drug-likeness (QED) is 0.428. The Labute approximate surface area is 164 Å². The number of unbranched alkanes of at least 4 members (excludes halogenated alkanes) is 5. The van der Waals surface area contributed by atoms with Crippen LogP contribution in [0.4, 0.5) is 0 Å². The highest BCUT2D eigenvalue weighted by atomic mass is 16.5. The molecule has 1 saturated heterocycles. The monoisotopic (exact) mass is 373 g/mol. The molecule has 1 aromatic rings. The summed E-state index contributed by atoms with van der Waals surface area (Å²) in [6.45, 7) is 6.11. The molecule has 1 amide bonds.